The fraction of sp³-hybridized carbons (Fsp3) is 0.500. The molecule has 0 atom stereocenters. The monoisotopic (exact) mass is 360 g/mol. The van der Waals surface area contributed by atoms with Gasteiger partial charge in [0.2, 0.25) is 0 Å². The number of carbonyl (C=O) groups excluding carboxylic acids is 1. The van der Waals surface area contributed by atoms with Crippen LogP contribution in [-0.2, 0) is 13.0 Å². The summed E-state index contributed by atoms with van der Waals surface area (Å²) in [4.78, 5) is 17.6. The second-order valence-electron chi connectivity index (χ2n) is 6.05. The molecule has 25 heavy (non-hydrogen) atoms. The maximum Gasteiger partial charge on any atom is 0.267 e. The Balaban J connectivity index is 1.52. The molecule has 1 amide bonds. The summed E-state index contributed by atoms with van der Waals surface area (Å²) in [6.45, 7) is 8.83. The van der Waals surface area contributed by atoms with Crippen LogP contribution < -0.4 is 4.74 Å². The molecule has 0 saturated carbocycles. The van der Waals surface area contributed by atoms with E-state index >= 15 is 0 Å². The number of rotatable bonds is 6. The average molecular weight is 360 g/mol. The van der Waals surface area contributed by atoms with Gasteiger partial charge in [-0.15, -0.1) is 5.10 Å². The Morgan fingerprint density at radius 2 is 1.88 bits per heavy atom. The lowest BCUT2D eigenvalue weighted by molar-refractivity contribution is 0.0632. The van der Waals surface area contributed by atoms with E-state index in [1.54, 1.807) is 0 Å². The number of ether oxygens (including phenoxy) is 1. The molecule has 6 nitrogen and oxygen atoms in total. The zero-order chi connectivity index (χ0) is 17.6. The molecule has 0 bridgehead atoms. The number of aryl methyl sites for hydroxylation is 1. The van der Waals surface area contributed by atoms with Crippen LogP contribution in [0.25, 0.3) is 0 Å². The molecule has 7 heteroatoms. The highest BCUT2D eigenvalue weighted by Gasteiger charge is 2.25. The Morgan fingerprint density at radius 3 is 2.52 bits per heavy atom. The molecule has 3 rings (SSSR count). The molecule has 2 aromatic rings. The van der Waals surface area contributed by atoms with Crippen molar-refractivity contribution in [1.82, 2.24) is 19.4 Å². The maximum atomic E-state index is 12.6. The lowest BCUT2D eigenvalue weighted by Gasteiger charge is -2.34. The summed E-state index contributed by atoms with van der Waals surface area (Å²) >= 11 is 1.21. The topological polar surface area (TPSA) is 58.6 Å². The van der Waals surface area contributed by atoms with E-state index in [0.29, 0.717) is 11.5 Å². The lowest BCUT2D eigenvalue weighted by atomic mass is 10.2. The summed E-state index contributed by atoms with van der Waals surface area (Å²) in [5.41, 5.74) is 2.08. The van der Waals surface area contributed by atoms with E-state index in [2.05, 4.69) is 26.6 Å². The SMILES string of the molecule is CCOc1ccc(CN2CCN(C(=O)c3snnc3CC)CC2)cc1. The molecule has 0 aliphatic carbocycles. The highest BCUT2D eigenvalue weighted by Crippen LogP contribution is 2.18. The largest absolute Gasteiger partial charge is 0.494 e. The highest BCUT2D eigenvalue weighted by atomic mass is 32.1. The lowest BCUT2D eigenvalue weighted by Crippen LogP contribution is -2.48. The summed E-state index contributed by atoms with van der Waals surface area (Å²) in [5, 5.41) is 4.04. The number of piperazine rings is 1. The van der Waals surface area contributed by atoms with Crippen molar-refractivity contribution in [3.63, 3.8) is 0 Å². The minimum Gasteiger partial charge on any atom is -0.494 e. The van der Waals surface area contributed by atoms with Crippen molar-refractivity contribution in [3.8, 4) is 5.75 Å². The number of nitrogens with zero attached hydrogens (tertiary/aromatic N) is 4. The average Bonchev–Trinajstić information content (AvgIpc) is 3.12. The van der Waals surface area contributed by atoms with Crippen LogP contribution in [0.1, 0.15) is 34.8 Å². The first-order chi connectivity index (χ1) is 12.2. The summed E-state index contributed by atoms with van der Waals surface area (Å²) in [6, 6.07) is 8.25. The normalized spacial score (nSPS) is 15.4. The summed E-state index contributed by atoms with van der Waals surface area (Å²) in [6.07, 6.45) is 0.745. The van der Waals surface area contributed by atoms with Gasteiger partial charge in [0.1, 0.15) is 10.6 Å². The molecular weight excluding hydrogens is 336 g/mol. The first kappa shape index (κ1) is 17.8. The number of carbonyl (C=O) groups is 1. The van der Waals surface area contributed by atoms with Crippen molar-refractivity contribution < 1.29 is 9.53 Å². The Labute approximate surface area is 152 Å². The first-order valence-corrected chi connectivity index (χ1v) is 9.53. The van der Waals surface area contributed by atoms with Gasteiger partial charge in [0, 0.05) is 32.7 Å². The van der Waals surface area contributed by atoms with E-state index < -0.39 is 0 Å². The van der Waals surface area contributed by atoms with Gasteiger partial charge in [-0.25, -0.2) is 0 Å². The number of hydrogen-bond donors (Lipinski definition) is 0. The van der Waals surface area contributed by atoms with Crippen LogP contribution in [0.2, 0.25) is 0 Å². The van der Waals surface area contributed by atoms with Crippen LogP contribution in [0, 0.1) is 0 Å². The van der Waals surface area contributed by atoms with Gasteiger partial charge in [-0.2, -0.15) is 0 Å². The third kappa shape index (κ3) is 4.35. The predicted molar refractivity (Wildman–Crippen MR) is 98.1 cm³/mol. The predicted octanol–water partition coefficient (Wildman–Crippen LogP) is 2.46. The van der Waals surface area contributed by atoms with Crippen LogP contribution in [0.5, 0.6) is 5.75 Å². The van der Waals surface area contributed by atoms with E-state index in [1.165, 1.54) is 17.1 Å². The van der Waals surface area contributed by atoms with Crippen molar-refractivity contribution in [3.05, 3.63) is 40.4 Å². The first-order valence-electron chi connectivity index (χ1n) is 8.75. The fourth-order valence-corrected chi connectivity index (χ4v) is 3.69. The second-order valence-corrected chi connectivity index (χ2v) is 6.80. The van der Waals surface area contributed by atoms with Gasteiger partial charge in [-0.05, 0) is 42.6 Å². The summed E-state index contributed by atoms with van der Waals surface area (Å²) in [7, 11) is 0. The van der Waals surface area contributed by atoms with E-state index in [0.717, 1.165) is 50.6 Å². The Hall–Kier alpha value is -1.99. The van der Waals surface area contributed by atoms with Crippen molar-refractivity contribution in [2.45, 2.75) is 26.8 Å². The summed E-state index contributed by atoms with van der Waals surface area (Å²) < 4.78 is 9.40. The number of amides is 1. The van der Waals surface area contributed by atoms with E-state index in [9.17, 15) is 4.79 Å². The van der Waals surface area contributed by atoms with Crippen molar-refractivity contribution in [1.29, 1.82) is 0 Å². The molecule has 1 saturated heterocycles. The molecule has 134 valence electrons. The Morgan fingerprint density at radius 1 is 1.16 bits per heavy atom. The number of hydrogen-bond acceptors (Lipinski definition) is 6. The van der Waals surface area contributed by atoms with Gasteiger partial charge in [-0.1, -0.05) is 23.5 Å². The molecular formula is C18H24N4O2S. The molecule has 1 aromatic carbocycles. The smallest absolute Gasteiger partial charge is 0.267 e. The minimum atomic E-state index is 0.0765. The van der Waals surface area contributed by atoms with Crippen molar-refractivity contribution in [2.24, 2.45) is 0 Å². The standard InChI is InChI=1S/C18H24N4O2S/c1-3-16-17(25-20-19-16)18(23)22-11-9-21(10-12-22)13-14-5-7-15(8-6-14)24-4-2/h5-8H,3-4,9-13H2,1-2H3. The quantitative estimate of drug-likeness (QED) is 0.792. The molecule has 1 aliphatic rings. The van der Waals surface area contributed by atoms with Crippen LogP contribution in [0.15, 0.2) is 24.3 Å². The maximum absolute atomic E-state index is 12.6. The molecule has 2 heterocycles. The van der Waals surface area contributed by atoms with Gasteiger partial charge >= 0.3 is 0 Å². The van der Waals surface area contributed by atoms with Crippen LogP contribution in [0.4, 0.5) is 0 Å². The molecule has 1 aromatic heterocycles. The fourth-order valence-electron chi connectivity index (χ4n) is 2.97. The van der Waals surface area contributed by atoms with Crippen LogP contribution >= 0.6 is 11.5 Å². The van der Waals surface area contributed by atoms with Crippen LogP contribution in [0.3, 0.4) is 0 Å². The molecule has 0 unspecified atom stereocenters. The number of benzene rings is 1. The summed E-state index contributed by atoms with van der Waals surface area (Å²) in [5.74, 6) is 0.985. The van der Waals surface area contributed by atoms with Gasteiger partial charge < -0.3 is 9.64 Å². The second kappa shape index (κ2) is 8.40. The van der Waals surface area contributed by atoms with E-state index in [-0.39, 0.29) is 5.91 Å². The third-order valence-corrected chi connectivity index (χ3v) is 5.14. The van der Waals surface area contributed by atoms with Gasteiger partial charge in [-0.3, -0.25) is 9.69 Å². The molecule has 0 spiro atoms. The van der Waals surface area contributed by atoms with Gasteiger partial charge in [0.25, 0.3) is 5.91 Å². The zero-order valence-electron chi connectivity index (χ0n) is 14.8. The Bertz CT molecular complexity index is 693. The molecule has 1 fully saturated rings. The third-order valence-electron chi connectivity index (χ3n) is 4.38. The van der Waals surface area contributed by atoms with Gasteiger partial charge in [0.15, 0.2) is 0 Å². The minimum absolute atomic E-state index is 0.0765. The zero-order valence-corrected chi connectivity index (χ0v) is 15.6. The molecule has 0 radical (unpaired) electrons. The van der Waals surface area contributed by atoms with Crippen molar-refractivity contribution in [2.75, 3.05) is 32.8 Å². The highest BCUT2D eigenvalue weighted by molar-refractivity contribution is 7.08. The van der Waals surface area contributed by atoms with Gasteiger partial charge in [0.05, 0.1) is 12.3 Å². The van der Waals surface area contributed by atoms with E-state index in [4.69, 9.17) is 4.74 Å². The van der Waals surface area contributed by atoms with Crippen LogP contribution in [-0.4, -0.2) is 58.1 Å². The Kier molecular flexibility index (Phi) is 5.99. The molecule has 1 aliphatic heterocycles. The van der Waals surface area contributed by atoms with Crippen molar-refractivity contribution >= 4 is 17.4 Å². The van der Waals surface area contributed by atoms with E-state index in [1.807, 2.05) is 30.9 Å². The molecule has 0 N–H and O–H groups in total. The number of aromatic nitrogens is 2.